The van der Waals surface area contributed by atoms with Crippen LogP contribution in [0.25, 0.3) is 0 Å². The number of carbonyl (C=O) groups is 2. The standard InChI is InChI=1S/C14H26N2O3/c1-10(2)8-11-13(18)16(9-12(17)15-11)7-6-14(3,4)19-5/h10-11H,6-9H2,1-5H3,(H,15,17). The molecule has 1 fully saturated rings. The molecule has 0 aromatic heterocycles. The zero-order valence-corrected chi connectivity index (χ0v) is 12.7. The summed E-state index contributed by atoms with van der Waals surface area (Å²) in [6, 6.07) is -0.369. The van der Waals surface area contributed by atoms with E-state index in [-0.39, 0.29) is 30.0 Å². The number of amides is 2. The van der Waals surface area contributed by atoms with Gasteiger partial charge in [-0.2, -0.15) is 0 Å². The summed E-state index contributed by atoms with van der Waals surface area (Å²) in [5.41, 5.74) is -0.276. The van der Waals surface area contributed by atoms with Crippen molar-refractivity contribution in [2.45, 2.75) is 52.2 Å². The van der Waals surface area contributed by atoms with Gasteiger partial charge in [-0.3, -0.25) is 9.59 Å². The topological polar surface area (TPSA) is 58.6 Å². The molecular formula is C14H26N2O3. The second kappa shape index (κ2) is 6.37. The van der Waals surface area contributed by atoms with Crippen LogP contribution >= 0.6 is 0 Å². The molecule has 0 aromatic carbocycles. The molecule has 1 rings (SSSR count). The lowest BCUT2D eigenvalue weighted by molar-refractivity contribution is -0.145. The third-order valence-electron chi connectivity index (χ3n) is 3.52. The van der Waals surface area contributed by atoms with Crippen molar-refractivity contribution < 1.29 is 14.3 Å². The number of piperazine rings is 1. The highest BCUT2D eigenvalue weighted by Gasteiger charge is 2.33. The van der Waals surface area contributed by atoms with E-state index in [1.165, 1.54) is 0 Å². The lowest BCUT2D eigenvalue weighted by atomic mass is 9.99. The normalized spacial score (nSPS) is 20.9. The fourth-order valence-electron chi connectivity index (χ4n) is 2.10. The SMILES string of the molecule is COC(C)(C)CCN1CC(=O)NC(CC(C)C)C1=O. The van der Waals surface area contributed by atoms with Gasteiger partial charge in [0.1, 0.15) is 6.04 Å². The predicted molar refractivity (Wildman–Crippen MR) is 73.7 cm³/mol. The molecule has 0 aliphatic carbocycles. The van der Waals surface area contributed by atoms with Crippen LogP contribution in [0.3, 0.4) is 0 Å². The van der Waals surface area contributed by atoms with Gasteiger partial charge >= 0.3 is 0 Å². The molecule has 1 N–H and O–H groups in total. The summed E-state index contributed by atoms with van der Waals surface area (Å²) in [5, 5.41) is 2.78. The minimum atomic E-state index is -0.369. The van der Waals surface area contributed by atoms with E-state index < -0.39 is 0 Å². The van der Waals surface area contributed by atoms with Crippen LogP contribution in [-0.4, -0.2) is 48.6 Å². The zero-order valence-electron chi connectivity index (χ0n) is 12.7. The van der Waals surface area contributed by atoms with Gasteiger partial charge in [-0.25, -0.2) is 0 Å². The molecular weight excluding hydrogens is 244 g/mol. The van der Waals surface area contributed by atoms with E-state index in [4.69, 9.17) is 4.74 Å². The van der Waals surface area contributed by atoms with Gasteiger partial charge < -0.3 is 15.0 Å². The lowest BCUT2D eigenvalue weighted by Crippen LogP contribution is -2.58. The van der Waals surface area contributed by atoms with Crippen molar-refractivity contribution in [1.82, 2.24) is 10.2 Å². The van der Waals surface area contributed by atoms with E-state index in [9.17, 15) is 9.59 Å². The molecule has 0 bridgehead atoms. The van der Waals surface area contributed by atoms with Gasteiger partial charge in [0.2, 0.25) is 11.8 Å². The molecule has 110 valence electrons. The first kappa shape index (κ1) is 16.0. The van der Waals surface area contributed by atoms with E-state index >= 15 is 0 Å². The number of carbonyl (C=O) groups excluding carboxylic acids is 2. The third kappa shape index (κ3) is 4.82. The molecule has 19 heavy (non-hydrogen) atoms. The first-order valence-electron chi connectivity index (χ1n) is 6.88. The smallest absolute Gasteiger partial charge is 0.245 e. The highest BCUT2D eigenvalue weighted by atomic mass is 16.5. The third-order valence-corrected chi connectivity index (χ3v) is 3.52. The summed E-state index contributed by atoms with van der Waals surface area (Å²) < 4.78 is 5.34. The van der Waals surface area contributed by atoms with Crippen molar-refractivity contribution in [2.24, 2.45) is 5.92 Å². The summed E-state index contributed by atoms with van der Waals surface area (Å²) in [6.07, 6.45) is 1.41. The van der Waals surface area contributed by atoms with Crippen LogP contribution in [0.5, 0.6) is 0 Å². The Kier molecular flexibility index (Phi) is 5.35. The van der Waals surface area contributed by atoms with Crippen molar-refractivity contribution in [2.75, 3.05) is 20.2 Å². The summed E-state index contributed by atoms with van der Waals surface area (Å²) in [7, 11) is 1.66. The Bertz CT molecular complexity index is 340. The van der Waals surface area contributed by atoms with Crippen molar-refractivity contribution in [3.63, 3.8) is 0 Å². The van der Waals surface area contributed by atoms with Crippen LogP contribution in [0.4, 0.5) is 0 Å². The maximum atomic E-state index is 12.3. The number of nitrogens with zero attached hydrogens (tertiary/aromatic N) is 1. The average molecular weight is 270 g/mol. The number of ether oxygens (including phenoxy) is 1. The van der Waals surface area contributed by atoms with Crippen LogP contribution in [0.1, 0.15) is 40.5 Å². The first-order chi connectivity index (χ1) is 8.75. The van der Waals surface area contributed by atoms with Gasteiger partial charge in [-0.15, -0.1) is 0 Å². The molecule has 1 aliphatic heterocycles. The number of hydrogen-bond donors (Lipinski definition) is 1. The molecule has 0 radical (unpaired) electrons. The molecule has 0 spiro atoms. The molecule has 1 heterocycles. The molecule has 1 aliphatic rings. The average Bonchev–Trinajstić information content (AvgIpc) is 2.31. The largest absolute Gasteiger partial charge is 0.379 e. The zero-order chi connectivity index (χ0) is 14.6. The van der Waals surface area contributed by atoms with E-state index in [1.54, 1.807) is 12.0 Å². The quantitative estimate of drug-likeness (QED) is 0.788. The summed E-state index contributed by atoms with van der Waals surface area (Å²) in [4.78, 5) is 25.6. The highest BCUT2D eigenvalue weighted by molar-refractivity contribution is 5.94. The van der Waals surface area contributed by atoms with Crippen LogP contribution in [0.15, 0.2) is 0 Å². The summed E-state index contributed by atoms with van der Waals surface area (Å²) in [5.74, 6) is 0.338. The Hall–Kier alpha value is -1.10. The molecule has 1 saturated heterocycles. The maximum absolute atomic E-state index is 12.3. The molecule has 1 atom stereocenters. The van der Waals surface area contributed by atoms with E-state index in [0.717, 1.165) is 6.42 Å². The lowest BCUT2D eigenvalue weighted by Gasteiger charge is -2.35. The molecule has 5 nitrogen and oxygen atoms in total. The van der Waals surface area contributed by atoms with Crippen molar-refractivity contribution in [3.05, 3.63) is 0 Å². The van der Waals surface area contributed by atoms with E-state index in [2.05, 4.69) is 5.32 Å². The Morgan fingerprint density at radius 3 is 2.58 bits per heavy atom. The maximum Gasteiger partial charge on any atom is 0.245 e. The Morgan fingerprint density at radius 1 is 1.42 bits per heavy atom. The van der Waals surface area contributed by atoms with Crippen molar-refractivity contribution >= 4 is 11.8 Å². The fraction of sp³-hybridized carbons (Fsp3) is 0.857. The number of rotatable bonds is 6. The van der Waals surface area contributed by atoms with Crippen LogP contribution in [0, 0.1) is 5.92 Å². The molecule has 5 heteroatoms. The summed E-state index contributed by atoms with van der Waals surface area (Å²) in [6.45, 7) is 8.77. The molecule has 2 amide bonds. The second-order valence-electron chi connectivity index (χ2n) is 6.22. The number of hydrogen-bond acceptors (Lipinski definition) is 3. The van der Waals surface area contributed by atoms with Gasteiger partial charge in [0.25, 0.3) is 0 Å². The minimum absolute atomic E-state index is 0.0280. The number of methoxy groups -OCH3 is 1. The summed E-state index contributed by atoms with van der Waals surface area (Å²) >= 11 is 0. The van der Waals surface area contributed by atoms with Gasteiger partial charge in [-0.05, 0) is 32.6 Å². The monoisotopic (exact) mass is 270 g/mol. The van der Waals surface area contributed by atoms with Gasteiger partial charge in [-0.1, -0.05) is 13.8 Å². The minimum Gasteiger partial charge on any atom is -0.379 e. The van der Waals surface area contributed by atoms with E-state index in [1.807, 2.05) is 27.7 Å². The Morgan fingerprint density at radius 2 is 2.05 bits per heavy atom. The van der Waals surface area contributed by atoms with Gasteiger partial charge in [0.15, 0.2) is 0 Å². The Balaban J connectivity index is 2.62. The van der Waals surface area contributed by atoms with Crippen LogP contribution in [-0.2, 0) is 14.3 Å². The Labute approximate surface area is 115 Å². The van der Waals surface area contributed by atoms with Crippen LogP contribution < -0.4 is 5.32 Å². The van der Waals surface area contributed by atoms with Crippen LogP contribution in [0.2, 0.25) is 0 Å². The van der Waals surface area contributed by atoms with Gasteiger partial charge in [0, 0.05) is 13.7 Å². The fourth-order valence-corrected chi connectivity index (χ4v) is 2.10. The highest BCUT2D eigenvalue weighted by Crippen LogP contribution is 2.16. The van der Waals surface area contributed by atoms with E-state index in [0.29, 0.717) is 18.9 Å². The number of nitrogens with one attached hydrogen (secondary N) is 1. The van der Waals surface area contributed by atoms with Crippen molar-refractivity contribution in [3.8, 4) is 0 Å². The first-order valence-corrected chi connectivity index (χ1v) is 6.88. The molecule has 0 saturated carbocycles. The molecule has 0 aromatic rings. The van der Waals surface area contributed by atoms with Crippen molar-refractivity contribution in [1.29, 1.82) is 0 Å². The van der Waals surface area contributed by atoms with Gasteiger partial charge in [0.05, 0.1) is 12.1 Å². The molecule has 1 unspecified atom stereocenters. The predicted octanol–water partition coefficient (Wildman–Crippen LogP) is 1.17. The second-order valence-corrected chi connectivity index (χ2v) is 6.22.